The Hall–Kier alpha value is -0.940. The first-order chi connectivity index (χ1) is 8.66. The van der Waals surface area contributed by atoms with E-state index in [1.807, 2.05) is 0 Å². The largest absolute Gasteiger partial charge is 0.491 e. The average Bonchev–Trinajstić information content (AvgIpc) is 2.38. The highest BCUT2D eigenvalue weighted by atomic mass is 79.9. The van der Waals surface area contributed by atoms with Gasteiger partial charge in [-0.05, 0) is 47.7 Å². The highest BCUT2D eigenvalue weighted by Gasteiger charge is 2.16. The molecule has 0 amide bonds. The minimum Gasteiger partial charge on any atom is -0.491 e. The lowest BCUT2D eigenvalue weighted by Gasteiger charge is -2.22. The number of halogens is 1. The molecule has 1 aromatic rings. The van der Waals surface area contributed by atoms with Crippen molar-refractivity contribution in [2.45, 2.75) is 19.8 Å². The minimum absolute atomic E-state index is 0.0138. The third-order valence-corrected chi connectivity index (χ3v) is 3.46. The van der Waals surface area contributed by atoms with Crippen LogP contribution in [0.25, 0.3) is 0 Å². The summed E-state index contributed by atoms with van der Waals surface area (Å²) in [6, 6.07) is 1.70. The zero-order valence-electron chi connectivity index (χ0n) is 10.3. The van der Waals surface area contributed by atoms with Crippen molar-refractivity contribution in [3.05, 3.63) is 22.4 Å². The summed E-state index contributed by atoms with van der Waals surface area (Å²) in [4.78, 5) is 15.6. The molecule has 1 aromatic heterocycles. The van der Waals surface area contributed by atoms with E-state index in [0.717, 1.165) is 26.1 Å². The van der Waals surface area contributed by atoms with Crippen LogP contribution in [0.4, 0.5) is 0 Å². The fraction of sp³-hybridized carbons (Fsp3) is 0.538. The second-order valence-electron chi connectivity index (χ2n) is 4.43. The first kappa shape index (κ1) is 13.5. The molecule has 5 heteroatoms. The van der Waals surface area contributed by atoms with Gasteiger partial charge in [0.05, 0.1) is 18.4 Å². The number of carbonyl (C=O) groups excluding carboxylic acids is 1. The number of rotatable bonds is 4. The van der Waals surface area contributed by atoms with Crippen molar-refractivity contribution in [2.75, 3.05) is 19.8 Å². The van der Waals surface area contributed by atoms with Gasteiger partial charge in [0.25, 0.3) is 0 Å². The molecule has 4 nitrogen and oxygen atoms in total. The molecule has 0 aromatic carbocycles. The summed E-state index contributed by atoms with van der Waals surface area (Å²) in [5.74, 6) is 1.06. The number of carbonyl (C=O) groups is 1. The van der Waals surface area contributed by atoms with E-state index >= 15 is 0 Å². The first-order valence-corrected chi connectivity index (χ1v) is 6.83. The lowest BCUT2D eigenvalue weighted by molar-refractivity contribution is 0.0495. The molecule has 2 heterocycles. The van der Waals surface area contributed by atoms with E-state index in [-0.39, 0.29) is 5.78 Å². The number of nitrogens with zero attached hydrogens (tertiary/aromatic N) is 1. The van der Waals surface area contributed by atoms with Gasteiger partial charge in [-0.2, -0.15) is 0 Å². The van der Waals surface area contributed by atoms with Gasteiger partial charge in [-0.25, -0.2) is 4.98 Å². The number of ether oxygens (including phenoxy) is 2. The highest BCUT2D eigenvalue weighted by molar-refractivity contribution is 9.10. The SMILES string of the molecule is CC(=O)c1cc(Br)ncc1OCC1CCOCC1. The van der Waals surface area contributed by atoms with E-state index in [0.29, 0.717) is 28.4 Å². The Balaban J connectivity index is 2.01. The number of pyridine rings is 1. The molecule has 2 rings (SSSR count). The molecule has 0 bridgehead atoms. The average molecular weight is 314 g/mol. The summed E-state index contributed by atoms with van der Waals surface area (Å²) in [6.07, 6.45) is 3.62. The molecular weight excluding hydrogens is 298 g/mol. The van der Waals surface area contributed by atoms with Gasteiger partial charge < -0.3 is 9.47 Å². The van der Waals surface area contributed by atoms with Crippen LogP contribution < -0.4 is 4.74 Å². The maximum absolute atomic E-state index is 11.5. The van der Waals surface area contributed by atoms with Crippen molar-refractivity contribution in [3.8, 4) is 5.75 Å². The molecule has 0 aliphatic carbocycles. The molecular formula is C13H16BrNO3. The minimum atomic E-state index is -0.0138. The van der Waals surface area contributed by atoms with Crippen molar-refractivity contribution >= 4 is 21.7 Å². The van der Waals surface area contributed by atoms with Crippen LogP contribution in [0.3, 0.4) is 0 Å². The van der Waals surface area contributed by atoms with E-state index in [2.05, 4.69) is 20.9 Å². The molecule has 1 fully saturated rings. The summed E-state index contributed by atoms with van der Waals surface area (Å²) in [5, 5.41) is 0. The van der Waals surface area contributed by atoms with Crippen LogP contribution >= 0.6 is 15.9 Å². The fourth-order valence-corrected chi connectivity index (χ4v) is 2.26. The summed E-state index contributed by atoms with van der Waals surface area (Å²) >= 11 is 3.26. The normalized spacial score (nSPS) is 16.6. The monoisotopic (exact) mass is 313 g/mol. The van der Waals surface area contributed by atoms with E-state index in [1.54, 1.807) is 12.3 Å². The van der Waals surface area contributed by atoms with E-state index in [1.165, 1.54) is 6.92 Å². The molecule has 0 unspecified atom stereocenters. The van der Waals surface area contributed by atoms with Crippen LogP contribution in [0.1, 0.15) is 30.1 Å². The van der Waals surface area contributed by atoms with Gasteiger partial charge >= 0.3 is 0 Å². The third kappa shape index (κ3) is 3.53. The standard InChI is InChI=1S/C13H16BrNO3/c1-9(16)11-6-13(14)15-7-12(11)18-8-10-2-4-17-5-3-10/h6-7,10H,2-5,8H2,1H3. The van der Waals surface area contributed by atoms with Gasteiger partial charge in [-0.3, -0.25) is 4.79 Å². The number of hydrogen-bond donors (Lipinski definition) is 0. The van der Waals surface area contributed by atoms with Gasteiger partial charge in [0.15, 0.2) is 5.78 Å². The molecule has 1 aliphatic rings. The number of aromatic nitrogens is 1. The molecule has 98 valence electrons. The Kier molecular flexibility index (Phi) is 4.72. The van der Waals surface area contributed by atoms with Crippen molar-refractivity contribution in [1.29, 1.82) is 0 Å². The molecule has 0 atom stereocenters. The van der Waals surface area contributed by atoms with Gasteiger partial charge in [-0.15, -0.1) is 0 Å². The van der Waals surface area contributed by atoms with Gasteiger partial charge in [-0.1, -0.05) is 0 Å². The molecule has 0 spiro atoms. The molecule has 0 radical (unpaired) electrons. The molecule has 1 aliphatic heterocycles. The van der Waals surface area contributed by atoms with Crippen LogP contribution in [0.5, 0.6) is 5.75 Å². The Morgan fingerprint density at radius 3 is 2.94 bits per heavy atom. The van der Waals surface area contributed by atoms with Crippen molar-refractivity contribution in [1.82, 2.24) is 4.98 Å². The highest BCUT2D eigenvalue weighted by Crippen LogP contribution is 2.23. The quantitative estimate of drug-likeness (QED) is 0.633. The lowest BCUT2D eigenvalue weighted by atomic mass is 10.0. The zero-order valence-corrected chi connectivity index (χ0v) is 11.9. The predicted molar refractivity (Wildman–Crippen MR) is 71.0 cm³/mol. The van der Waals surface area contributed by atoms with E-state index < -0.39 is 0 Å². The van der Waals surface area contributed by atoms with Crippen LogP contribution in [0, 0.1) is 5.92 Å². The lowest BCUT2D eigenvalue weighted by Crippen LogP contribution is -2.21. The topological polar surface area (TPSA) is 48.4 Å². The Bertz CT molecular complexity index is 430. The third-order valence-electron chi connectivity index (χ3n) is 3.03. The Morgan fingerprint density at radius 1 is 1.56 bits per heavy atom. The summed E-state index contributed by atoms with van der Waals surface area (Å²) in [5.41, 5.74) is 0.573. The summed E-state index contributed by atoms with van der Waals surface area (Å²) < 4.78 is 11.7. The number of hydrogen-bond acceptors (Lipinski definition) is 4. The molecule has 1 saturated heterocycles. The summed E-state index contributed by atoms with van der Waals surface area (Å²) in [6.45, 7) is 3.74. The van der Waals surface area contributed by atoms with Gasteiger partial charge in [0, 0.05) is 13.2 Å². The Morgan fingerprint density at radius 2 is 2.28 bits per heavy atom. The van der Waals surface area contributed by atoms with Gasteiger partial charge in [0.1, 0.15) is 10.4 Å². The second-order valence-corrected chi connectivity index (χ2v) is 5.24. The van der Waals surface area contributed by atoms with E-state index in [9.17, 15) is 4.79 Å². The maximum Gasteiger partial charge on any atom is 0.163 e. The zero-order chi connectivity index (χ0) is 13.0. The van der Waals surface area contributed by atoms with Crippen molar-refractivity contribution < 1.29 is 14.3 Å². The van der Waals surface area contributed by atoms with Crippen LogP contribution in [0.15, 0.2) is 16.9 Å². The van der Waals surface area contributed by atoms with Crippen LogP contribution in [0.2, 0.25) is 0 Å². The number of Topliss-reactive ketones (excluding diaryl/α,β-unsaturated/α-hetero) is 1. The van der Waals surface area contributed by atoms with Gasteiger partial charge in [0.2, 0.25) is 0 Å². The second kappa shape index (κ2) is 6.29. The van der Waals surface area contributed by atoms with Crippen LogP contribution in [-0.4, -0.2) is 30.6 Å². The molecule has 0 N–H and O–H groups in total. The van der Waals surface area contributed by atoms with Crippen LogP contribution in [-0.2, 0) is 4.74 Å². The Labute approximate surface area is 115 Å². The molecule has 0 saturated carbocycles. The predicted octanol–water partition coefficient (Wildman–Crippen LogP) is 2.85. The smallest absolute Gasteiger partial charge is 0.163 e. The first-order valence-electron chi connectivity index (χ1n) is 6.04. The number of ketones is 1. The van der Waals surface area contributed by atoms with Crippen molar-refractivity contribution in [2.24, 2.45) is 5.92 Å². The van der Waals surface area contributed by atoms with Crippen molar-refractivity contribution in [3.63, 3.8) is 0 Å². The maximum atomic E-state index is 11.5. The molecule has 18 heavy (non-hydrogen) atoms. The fourth-order valence-electron chi connectivity index (χ4n) is 1.93. The summed E-state index contributed by atoms with van der Waals surface area (Å²) in [7, 11) is 0. The van der Waals surface area contributed by atoms with E-state index in [4.69, 9.17) is 9.47 Å².